The molecule has 0 aromatic carbocycles. The molecule has 9 heteroatoms. The Morgan fingerprint density at radius 3 is 2.52 bits per heavy atom. The van der Waals surface area contributed by atoms with Crippen molar-refractivity contribution in [2.45, 2.75) is 57.7 Å². The highest BCUT2D eigenvalue weighted by Crippen LogP contribution is 2.32. The standard InChI is InChI=1S/C16H18BrF3N4O/c1-9-8-11(16(18,19)20)24-14(21-9)12(17)13(23-24)15(25)22-10-6-4-2-3-5-7-10/h8,10H,2-7H2,1H3,(H,22,25). The zero-order chi connectivity index (χ0) is 18.2. The van der Waals surface area contributed by atoms with Gasteiger partial charge in [0.2, 0.25) is 0 Å². The average Bonchev–Trinajstić information content (AvgIpc) is 2.71. The van der Waals surface area contributed by atoms with Crippen molar-refractivity contribution >= 4 is 27.5 Å². The molecule has 1 N–H and O–H groups in total. The zero-order valence-electron chi connectivity index (χ0n) is 13.7. The van der Waals surface area contributed by atoms with E-state index in [1.54, 1.807) is 0 Å². The fourth-order valence-electron chi connectivity index (χ4n) is 3.14. The number of rotatable bonds is 2. The van der Waals surface area contributed by atoms with Crippen molar-refractivity contribution in [1.29, 1.82) is 0 Å². The van der Waals surface area contributed by atoms with Crippen LogP contribution in [0.5, 0.6) is 0 Å². The molecule has 5 nitrogen and oxygen atoms in total. The maximum atomic E-state index is 13.3. The van der Waals surface area contributed by atoms with Gasteiger partial charge in [-0.25, -0.2) is 9.50 Å². The maximum Gasteiger partial charge on any atom is 0.433 e. The SMILES string of the molecule is Cc1cc(C(F)(F)F)n2nc(C(=O)NC3CCCCCC3)c(Br)c2n1. The van der Waals surface area contributed by atoms with Gasteiger partial charge in [0, 0.05) is 11.7 Å². The highest BCUT2D eigenvalue weighted by Gasteiger charge is 2.36. The van der Waals surface area contributed by atoms with E-state index in [-0.39, 0.29) is 27.5 Å². The third-order valence-corrected chi connectivity index (χ3v) is 5.09. The van der Waals surface area contributed by atoms with Crippen molar-refractivity contribution in [3.05, 3.63) is 27.6 Å². The van der Waals surface area contributed by atoms with Gasteiger partial charge in [0.25, 0.3) is 5.91 Å². The van der Waals surface area contributed by atoms with Crippen LogP contribution < -0.4 is 5.32 Å². The van der Waals surface area contributed by atoms with E-state index in [9.17, 15) is 18.0 Å². The first-order valence-corrected chi connectivity index (χ1v) is 9.00. The topological polar surface area (TPSA) is 59.3 Å². The third-order valence-electron chi connectivity index (χ3n) is 4.36. The number of aryl methyl sites for hydroxylation is 1. The minimum atomic E-state index is -4.59. The first kappa shape index (κ1) is 18.2. The number of alkyl halides is 3. The number of aromatic nitrogens is 3. The van der Waals surface area contributed by atoms with Crippen molar-refractivity contribution < 1.29 is 18.0 Å². The first-order valence-electron chi connectivity index (χ1n) is 8.21. The fraction of sp³-hybridized carbons (Fsp3) is 0.562. The number of nitrogens with zero attached hydrogens (tertiary/aromatic N) is 3. The Labute approximate surface area is 151 Å². The third kappa shape index (κ3) is 3.80. The lowest BCUT2D eigenvalue weighted by molar-refractivity contribution is -0.142. The Kier molecular flexibility index (Phi) is 5.04. The van der Waals surface area contributed by atoms with Gasteiger partial charge < -0.3 is 5.32 Å². The predicted octanol–water partition coefficient (Wildman–Crippen LogP) is 4.27. The number of halogens is 4. The van der Waals surface area contributed by atoms with Crippen molar-refractivity contribution in [1.82, 2.24) is 19.9 Å². The van der Waals surface area contributed by atoms with Crippen LogP contribution in [0.2, 0.25) is 0 Å². The van der Waals surface area contributed by atoms with Crippen LogP contribution in [0.4, 0.5) is 13.2 Å². The molecule has 2 heterocycles. The summed E-state index contributed by atoms with van der Waals surface area (Å²) in [5.74, 6) is -0.477. The van der Waals surface area contributed by atoms with Gasteiger partial charge in [-0.1, -0.05) is 25.7 Å². The van der Waals surface area contributed by atoms with Crippen LogP contribution in [0.15, 0.2) is 10.5 Å². The molecular weight excluding hydrogens is 401 g/mol. The molecule has 0 aliphatic heterocycles. The van der Waals surface area contributed by atoms with Crippen LogP contribution in [0, 0.1) is 6.92 Å². The minimum Gasteiger partial charge on any atom is -0.348 e. The molecule has 1 saturated carbocycles. The maximum absolute atomic E-state index is 13.3. The zero-order valence-corrected chi connectivity index (χ0v) is 15.2. The van der Waals surface area contributed by atoms with Crippen molar-refractivity contribution in [2.75, 3.05) is 0 Å². The molecule has 1 fully saturated rings. The largest absolute Gasteiger partial charge is 0.433 e. The summed E-state index contributed by atoms with van der Waals surface area (Å²) in [6.45, 7) is 1.47. The molecule has 25 heavy (non-hydrogen) atoms. The van der Waals surface area contributed by atoms with Crippen LogP contribution in [0.3, 0.4) is 0 Å². The Morgan fingerprint density at radius 1 is 1.28 bits per heavy atom. The summed E-state index contributed by atoms with van der Waals surface area (Å²) in [7, 11) is 0. The summed E-state index contributed by atoms with van der Waals surface area (Å²) in [5.41, 5.74) is -0.841. The molecule has 3 rings (SSSR count). The molecule has 1 aliphatic rings. The van der Waals surface area contributed by atoms with E-state index in [1.165, 1.54) is 6.92 Å². The second-order valence-electron chi connectivity index (χ2n) is 6.34. The fourth-order valence-corrected chi connectivity index (χ4v) is 3.65. The lowest BCUT2D eigenvalue weighted by atomic mass is 10.1. The second-order valence-corrected chi connectivity index (χ2v) is 7.13. The van der Waals surface area contributed by atoms with Crippen LogP contribution >= 0.6 is 15.9 Å². The Balaban J connectivity index is 1.96. The highest BCUT2D eigenvalue weighted by atomic mass is 79.9. The molecule has 136 valence electrons. The van der Waals surface area contributed by atoms with Gasteiger partial charge in [-0.2, -0.15) is 18.3 Å². The molecule has 0 radical (unpaired) electrons. The minimum absolute atomic E-state index is 0.0154. The van der Waals surface area contributed by atoms with Gasteiger partial charge in [0.1, 0.15) is 5.69 Å². The number of fused-ring (bicyclic) bond motifs is 1. The van der Waals surface area contributed by atoms with Crippen molar-refractivity contribution in [3.63, 3.8) is 0 Å². The van der Waals surface area contributed by atoms with Crippen LogP contribution in [-0.4, -0.2) is 26.5 Å². The number of carbonyl (C=O) groups is 1. The van der Waals surface area contributed by atoms with E-state index in [0.29, 0.717) is 4.52 Å². The summed E-state index contributed by atoms with van der Waals surface area (Å²) in [5, 5.41) is 6.78. The Hall–Kier alpha value is -1.64. The van der Waals surface area contributed by atoms with E-state index in [4.69, 9.17) is 0 Å². The smallest absolute Gasteiger partial charge is 0.348 e. The Bertz CT molecular complexity index is 795. The quantitative estimate of drug-likeness (QED) is 0.740. The lowest BCUT2D eigenvalue weighted by Gasteiger charge is -2.15. The van der Waals surface area contributed by atoms with Gasteiger partial charge >= 0.3 is 6.18 Å². The van der Waals surface area contributed by atoms with Crippen molar-refractivity contribution in [3.8, 4) is 0 Å². The van der Waals surface area contributed by atoms with Crippen LogP contribution in [0.25, 0.3) is 5.65 Å². The van der Waals surface area contributed by atoms with Gasteiger partial charge in [-0.05, 0) is 41.8 Å². The van der Waals surface area contributed by atoms with Crippen molar-refractivity contribution in [2.24, 2.45) is 0 Å². The second kappa shape index (κ2) is 6.93. The molecule has 2 aromatic rings. The average molecular weight is 419 g/mol. The lowest BCUT2D eigenvalue weighted by Crippen LogP contribution is -2.34. The number of hydrogen-bond donors (Lipinski definition) is 1. The number of nitrogens with one attached hydrogen (secondary N) is 1. The van der Waals surface area contributed by atoms with Gasteiger partial charge in [0.15, 0.2) is 11.3 Å². The predicted molar refractivity (Wildman–Crippen MR) is 89.4 cm³/mol. The number of carbonyl (C=O) groups excluding carboxylic acids is 1. The van der Waals surface area contributed by atoms with E-state index in [1.807, 2.05) is 0 Å². The number of amides is 1. The van der Waals surface area contributed by atoms with Gasteiger partial charge in [-0.3, -0.25) is 4.79 Å². The molecule has 0 bridgehead atoms. The van der Waals surface area contributed by atoms with Gasteiger partial charge in [-0.15, -0.1) is 0 Å². The Morgan fingerprint density at radius 2 is 1.92 bits per heavy atom. The molecule has 1 aliphatic carbocycles. The first-order chi connectivity index (χ1) is 11.8. The molecule has 0 spiro atoms. The van der Waals surface area contributed by atoms with E-state index >= 15 is 0 Å². The summed E-state index contributed by atoms with van der Waals surface area (Å²) >= 11 is 3.19. The highest BCUT2D eigenvalue weighted by molar-refractivity contribution is 9.10. The molecule has 0 saturated heterocycles. The molecule has 1 amide bonds. The molecule has 2 aromatic heterocycles. The van der Waals surface area contributed by atoms with Gasteiger partial charge in [0.05, 0.1) is 4.47 Å². The van der Waals surface area contributed by atoms with E-state index < -0.39 is 17.8 Å². The van der Waals surface area contributed by atoms with E-state index in [0.717, 1.165) is 44.6 Å². The monoisotopic (exact) mass is 418 g/mol. The number of hydrogen-bond acceptors (Lipinski definition) is 3. The van der Waals surface area contributed by atoms with Crippen LogP contribution in [-0.2, 0) is 6.18 Å². The summed E-state index contributed by atoms with van der Waals surface area (Å²) in [4.78, 5) is 16.6. The summed E-state index contributed by atoms with van der Waals surface area (Å²) in [6.07, 6.45) is 1.52. The normalized spacial score (nSPS) is 16.8. The van der Waals surface area contributed by atoms with Crippen LogP contribution in [0.1, 0.15) is 60.4 Å². The molecule has 0 unspecified atom stereocenters. The summed E-state index contributed by atoms with van der Waals surface area (Å²) in [6, 6.07) is 0.947. The molecular formula is C16H18BrF3N4O. The van der Waals surface area contributed by atoms with E-state index in [2.05, 4.69) is 31.3 Å². The summed E-state index contributed by atoms with van der Waals surface area (Å²) < 4.78 is 40.6. The molecule has 0 atom stereocenters.